The lowest BCUT2D eigenvalue weighted by atomic mass is 10.1. The van der Waals surface area contributed by atoms with Crippen LogP contribution < -0.4 is 10.2 Å². The zero-order valence-corrected chi connectivity index (χ0v) is 12.1. The smallest absolute Gasteiger partial charge is 0.332 e. The Morgan fingerprint density at radius 1 is 1.45 bits per heavy atom. The molecule has 0 bridgehead atoms. The second-order valence-corrected chi connectivity index (χ2v) is 5.34. The Labute approximate surface area is 117 Å². The predicted molar refractivity (Wildman–Crippen MR) is 75.2 cm³/mol. The summed E-state index contributed by atoms with van der Waals surface area (Å²) in [6.45, 7) is 7.17. The van der Waals surface area contributed by atoms with Crippen LogP contribution in [0.2, 0.25) is 0 Å². The van der Waals surface area contributed by atoms with Crippen molar-refractivity contribution in [3.8, 4) is 0 Å². The van der Waals surface area contributed by atoms with Crippen LogP contribution in [0.15, 0.2) is 0 Å². The highest BCUT2D eigenvalue weighted by Crippen LogP contribution is 2.32. The fourth-order valence-electron chi connectivity index (χ4n) is 2.30. The lowest BCUT2D eigenvalue weighted by Gasteiger charge is -2.38. The summed E-state index contributed by atoms with van der Waals surface area (Å²) in [6, 6.07) is 0. The number of ether oxygens (including phenoxy) is 1. The molecular formula is C12H19N5O3. The van der Waals surface area contributed by atoms with Crippen LogP contribution in [0.4, 0.5) is 17.5 Å². The number of aryl methyl sites for hydroxylation is 1. The van der Waals surface area contributed by atoms with Crippen molar-refractivity contribution in [2.45, 2.75) is 26.4 Å². The Kier molecular flexibility index (Phi) is 3.76. The van der Waals surface area contributed by atoms with Gasteiger partial charge in [-0.25, -0.2) is 4.98 Å². The maximum Gasteiger partial charge on any atom is 0.332 e. The summed E-state index contributed by atoms with van der Waals surface area (Å²) in [6.07, 6.45) is 0. The molecule has 1 aromatic heterocycles. The quantitative estimate of drug-likeness (QED) is 0.660. The number of nitrogens with one attached hydrogen (secondary N) is 1. The topological polar surface area (TPSA) is 93.4 Å². The second-order valence-electron chi connectivity index (χ2n) is 5.34. The number of morpholine rings is 1. The van der Waals surface area contributed by atoms with E-state index >= 15 is 0 Å². The van der Waals surface area contributed by atoms with E-state index in [4.69, 9.17) is 4.74 Å². The Morgan fingerprint density at radius 2 is 2.15 bits per heavy atom. The SMILES string of the molecule is CNc1nc(C)c([N+](=O)[O-])c(N2CCOC(C)(C)C2)n1. The molecule has 1 aliphatic rings. The van der Waals surface area contributed by atoms with Gasteiger partial charge < -0.3 is 15.0 Å². The first kappa shape index (κ1) is 14.4. The molecule has 0 atom stereocenters. The molecule has 8 nitrogen and oxygen atoms in total. The molecule has 110 valence electrons. The van der Waals surface area contributed by atoms with Gasteiger partial charge in [-0.1, -0.05) is 0 Å². The highest BCUT2D eigenvalue weighted by Gasteiger charge is 2.33. The summed E-state index contributed by atoms with van der Waals surface area (Å²) in [4.78, 5) is 21.1. The third-order valence-electron chi connectivity index (χ3n) is 3.17. The molecule has 0 radical (unpaired) electrons. The van der Waals surface area contributed by atoms with E-state index in [1.807, 2.05) is 18.7 Å². The monoisotopic (exact) mass is 281 g/mol. The van der Waals surface area contributed by atoms with Gasteiger partial charge in [-0.05, 0) is 20.8 Å². The summed E-state index contributed by atoms with van der Waals surface area (Å²) in [5.74, 6) is 0.732. The van der Waals surface area contributed by atoms with Gasteiger partial charge in [0.25, 0.3) is 0 Å². The van der Waals surface area contributed by atoms with Crippen molar-refractivity contribution >= 4 is 17.5 Å². The van der Waals surface area contributed by atoms with Crippen LogP contribution >= 0.6 is 0 Å². The first-order valence-electron chi connectivity index (χ1n) is 6.44. The van der Waals surface area contributed by atoms with Crippen LogP contribution in [0.5, 0.6) is 0 Å². The standard InChI is InChI=1S/C12H19N5O3/c1-8-9(17(18)19)10(15-11(13-4)14-8)16-5-6-20-12(2,3)7-16/h5-7H2,1-4H3,(H,13,14,15). The van der Waals surface area contributed by atoms with Crippen LogP contribution in [0.25, 0.3) is 0 Å². The average Bonchev–Trinajstić information content (AvgIpc) is 2.35. The van der Waals surface area contributed by atoms with Crippen LogP contribution in [0, 0.1) is 17.0 Å². The molecule has 8 heteroatoms. The predicted octanol–water partition coefficient (Wildman–Crippen LogP) is 1.35. The van der Waals surface area contributed by atoms with Gasteiger partial charge in [0.05, 0.1) is 17.1 Å². The van der Waals surface area contributed by atoms with Crippen molar-refractivity contribution in [2.24, 2.45) is 0 Å². The maximum absolute atomic E-state index is 11.3. The van der Waals surface area contributed by atoms with Gasteiger partial charge in [0.15, 0.2) is 0 Å². The van der Waals surface area contributed by atoms with E-state index in [0.717, 1.165) is 0 Å². The summed E-state index contributed by atoms with van der Waals surface area (Å²) in [7, 11) is 1.69. The van der Waals surface area contributed by atoms with Crippen LogP contribution in [0.1, 0.15) is 19.5 Å². The normalized spacial score (nSPS) is 17.9. The molecule has 0 amide bonds. The van der Waals surface area contributed by atoms with Gasteiger partial charge in [0, 0.05) is 20.1 Å². The van der Waals surface area contributed by atoms with Crippen molar-refractivity contribution < 1.29 is 9.66 Å². The van der Waals surface area contributed by atoms with Crippen LogP contribution in [0.3, 0.4) is 0 Å². The molecule has 0 saturated carbocycles. The Bertz CT molecular complexity index is 532. The van der Waals surface area contributed by atoms with Gasteiger partial charge in [0.1, 0.15) is 5.69 Å². The van der Waals surface area contributed by atoms with Crippen molar-refractivity contribution in [2.75, 3.05) is 37.0 Å². The lowest BCUT2D eigenvalue weighted by Crippen LogP contribution is -2.49. The molecule has 1 fully saturated rings. The van der Waals surface area contributed by atoms with Crippen LogP contribution in [-0.4, -0.2) is 47.2 Å². The minimum absolute atomic E-state index is 0.0401. The van der Waals surface area contributed by atoms with Gasteiger partial charge in [-0.2, -0.15) is 4.98 Å². The Morgan fingerprint density at radius 3 is 2.70 bits per heavy atom. The van der Waals surface area contributed by atoms with E-state index in [1.165, 1.54) is 0 Å². The van der Waals surface area contributed by atoms with Crippen molar-refractivity contribution in [3.05, 3.63) is 15.8 Å². The van der Waals surface area contributed by atoms with E-state index in [9.17, 15) is 10.1 Å². The minimum Gasteiger partial charge on any atom is -0.372 e. The number of hydrogen-bond donors (Lipinski definition) is 1. The van der Waals surface area contributed by atoms with E-state index in [1.54, 1.807) is 14.0 Å². The second kappa shape index (κ2) is 5.20. The van der Waals surface area contributed by atoms with E-state index in [-0.39, 0.29) is 11.3 Å². The highest BCUT2D eigenvalue weighted by atomic mass is 16.6. The third kappa shape index (κ3) is 2.79. The molecule has 1 aliphatic heterocycles. The maximum atomic E-state index is 11.3. The van der Waals surface area contributed by atoms with Crippen molar-refractivity contribution in [1.29, 1.82) is 0 Å². The number of hydrogen-bond acceptors (Lipinski definition) is 7. The summed E-state index contributed by atoms with van der Waals surface area (Å²) in [5.41, 5.74) is -0.0412. The summed E-state index contributed by atoms with van der Waals surface area (Å²) >= 11 is 0. The van der Waals surface area contributed by atoms with Gasteiger partial charge in [-0.3, -0.25) is 10.1 Å². The van der Waals surface area contributed by atoms with Gasteiger partial charge in [-0.15, -0.1) is 0 Å². The summed E-state index contributed by atoms with van der Waals surface area (Å²) < 4.78 is 5.63. The van der Waals surface area contributed by atoms with Crippen molar-refractivity contribution in [3.63, 3.8) is 0 Å². The zero-order chi connectivity index (χ0) is 14.9. The minimum atomic E-state index is -0.424. The molecule has 0 spiro atoms. The van der Waals surface area contributed by atoms with Gasteiger partial charge in [0.2, 0.25) is 11.8 Å². The molecule has 2 heterocycles. The molecule has 1 N–H and O–H groups in total. The Balaban J connectivity index is 2.48. The first-order chi connectivity index (χ1) is 9.34. The molecule has 0 aromatic carbocycles. The Hall–Kier alpha value is -1.96. The number of rotatable bonds is 3. The number of nitrogens with zero attached hydrogens (tertiary/aromatic N) is 4. The molecule has 20 heavy (non-hydrogen) atoms. The van der Waals surface area contributed by atoms with E-state index in [0.29, 0.717) is 37.2 Å². The molecule has 0 unspecified atom stereocenters. The lowest BCUT2D eigenvalue weighted by molar-refractivity contribution is -0.385. The average molecular weight is 281 g/mol. The van der Waals surface area contributed by atoms with E-state index < -0.39 is 4.92 Å². The largest absolute Gasteiger partial charge is 0.372 e. The molecule has 2 rings (SSSR count). The van der Waals surface area contributed by atoms with Gasteiger partial charge >= 0.3 is 5.69 Å². The highest BCUT2D eigenvalue weighted by molar-refractivity contribution is 5.62. The zero-order valence-electron chi connectivity index (χ0n) is 12.1. The molecule has 1 aromatic rings. The molecule has 1 saturated heterocycles. The third-order valence-corrected chi connectivity index (χ3v) is 3.17. The summed E-state index contributed by atoms with van der Waals surface area (Å²) in [5, 5.41) is 14.1. The van der Waals surface area contributed by atoms with Crippen molar-refractivity contribution in [1.82, 2.24) is 9.97 Å². The fraction of sp³-hybridized carbons (Fsp3) is 0.667. The number of nitro groups is 1. The van der Waals surface area contributed by atoms with Crippen LogP contribution in [-0.2, 0) is 4.74 Å². The van der Waals surface area contributed by atoms with E-state index in [2.05, 4.69) is 15.3 Å². The molecular weight excluding hydrogens is 262 g/mol. The fourth-order valence-corrected chi connectivity index (χ4v) is 2.30. The number of anilines is 2. The number of aromatic nitrogens is 2. The first-order valence-corrected chi connectivity index (χ1v) is 6.44. The molecule has 0 aliphatic carbocycles.